The lowest BCUT2D eigenvalue weighted by molar-refractivity contribution is 1.09. The van der Waals surface area contributed by atoms with Gasteiger partial charge in [0.05, 0.1) is 11.9 Å². The summed E-state index contributed by atoms with van der Waals surface area (Å²) in [5, 5.41) is 8.65. The zero-order chi connectivity index (χ0) is 8.55. The Bertz CT molecular complexity index is 409. The van der Waals surface area contributed by atoms with Gasteiger partial charge in [-0.2, -0.15) is 5.10 Å². The lowest BCUT2D eigenvalue weighted by Gasteiger charge is -1.90. The summed E-state index contributed by atoms with van der Waals surface area (Å²) in [5.41, 5.74) is 11.8. The number of anilines is 1. The van der Waals surface area contributed by atoms with E-state index in [9.17, 15) is 0 Å². The van der Waals surface area contributed by atoms with Crippen LogP contribution < -0.4 is 11.5 Å². The van der Waals surface area contributed by atoms with Gasteiger partial charge in [0, 0.05) is 16.8 Å². The first-order valence-corrected chi connectivity index (χ1v) is 4.32. The highest BCUT2D eigenvalue weighted by atomic mass is 32.1. The van der Waals surface area contributed by atoms with Crippen molar-refractivity contribution in [2.75, 3.05) is 5.73 Å². The Kier molecular flexibility index (Phi) is 1.67. The van der Waals surface area contributed by atoms with E-state index in [0.29, 0.717) is 12.2 Å². The molecular weight excluding hydrogens is 172 g/mol. The molecule has 0 aliphatic heterocycles. The van der Waals surface area contributed by atoms with Crippen LogP contribution in [0.2, 0.25) is 0 Å². The molecule has 5 heteroatoms. The lowest BCUT2D eigenvalue weighted by atomic mass is 10.3. The zero-order valence-corrected chi connectivity index (χ0v) is 7.14. The molecule has 0 saturated heterocycles. The largest absolute Gasteiger partial charge is 0.397 e. The minimum atomic E-state index is 0.528. The number of fused-ring (bicyclic) bond motifs is 1. The molecule has 0 aromatic carbocycles. The summed E-state index contributed by atoms with van der Waals surface area (Å²) in [7, 11) is 0. The van der Waals surface area contributed by atoms with Gasteiger partial charge in [0.1, 0.15) is 4.83 Å². The normalized spacial score (nSPS) is 10.8. The van der Waals surface area contributed by atoms with E-state index in [2.05, 4.69) is 10.2 Å². The first-order chi connectivity index (χ1) is 5.81. The van der Waals surface area contributed by atoms with Crippen molar-refractivity contribution in [3.05, 3.63) is 17.1 Å². The van der Waals surface area contributed by atoms with E-state index < -0.39 is 0 Å². The maximum absolute atomic E-state index is 5.69. The second-order valence-electron chi connectivity index (χ2n) is 2.44. The molecule has 0 unspecified atom stereocenters. The average Bonchev–Trinajstić information content (AvgIpc) is 2.49. The number of nitrogen functional groups attached to an aromatic ring is 1. The quantitative estimate of drug-likeness (QED) is 0.678. The second kappa shape index (κ2) is 2.69. The maximum atomic E-state index is 5.69. The van der Waals surface area contributed by atoms with Crippen molar-refractivity contribution in [1.82, 2.24) is 10.2 Å². The Labute approximate surface area is 73.2 Å². The Morgan fingerprint density at radius 2 is 2.33 bits per heavy atom. The molecule has 0 radical (unpaired) electrons. The minimum Gasteiger partial charge on any atom is -0.397 e. The second-order valence-corrected chi connectivity index (χ2v) is 3.55. The van der Waals surface area contributed by atoms with Crippen LogP contribution in [0.3, 0.4) is 0 Å². The third kappa shape index (κ3) is 1.03. The highest BCUT2D eigenvalue weighted by molar-refractivity contribution is 7.18. The van der Waals surface area contributed by atoms with E-state index in [1.807, 2.05) is 6.07 Å². The predicted molar refractivity (Wildman–Crippen MR) is 49.7 cm³/mol. The van der Waals surface area contributed by atoms with Crippen molar-refractivity contribution in [2.24, 2.45) is 5.73 Å². The Morgan fingerprint density at radius 3 is 3.00 bits per heavy atom. The van der Waals surface area contributed by atoms with Crippen LogP contribution in [0.1, 0.15) is 4.88 Å². The molecule has 0 bridgehead atoms. The average molecular weight is 180 g/mol. The molecule has 62 valence electrons. The molecule has 2 heterocycles. The zero-order valence-electron chi connectivity index (χ0n) is 6.32. The molecular formula is C7H8N4S. The Hall–Kier alpha value is -1.20. The number of thiophene rings is 1. The third-order valence-electron chi connectivity index (χ3n) is 1.62. The first-order valence-electron chi connectivity index (χ1n) is 3.51. The van der Waals surface area contributed by atoms with Crippen molar-refractivity contribution >= 4 is 27.2 Å². The van der Waals surface area contributed by atoms with Crippen LogP contribution >= 0.6 is 11.3 Å². The van der Waals surface area contributed by atoms with Crippen molar-refractivity contribution < 1.29 is 0 Å². The summed E-state index contributed by atoms with van der Waals surface area (Å²) >= 11 is 1.53. The summed E-state index contributed by atoms with van der Waals surface area (Å²) in [6.45, 7) is 0.528. The van der Waals surface area contributed by atoms with Crippen molar-refractivity contribution in [3.63, 3.8) is 0 Å². The van der Waals surface area contributed by atoms with Crippen LogP contribution in [-0.4, -0.2) is 10.2 Å². The van der Waals surface area contributed by atoms with E-state index in [1.165, 1.54) is 11.3 Å². The molecule has 0 aliphatic rings. The lowest BCUT2D eigenvalue weighted by Crippen LogP contribution is -1.91. The molecule has 0 amide bonds. The first kappa shape index (κ1) is 7.45. The van der Waals surface area contributed by atoms with Crippen molar-refractivity contribution in [2.45, 2.75) is 6.54 Å². The van der Waals surface area contributed by atoms with Gasteiger partial charge in [-0.3, -0.25) is 0 Å². The van der Waals surface area contributed by atoms with Gasteiger partial charge in [0.25, 0.3) is 0 Å². The van der Waals surface area contributed by atoms with Gasteiger partial charge >= 0.3 is 0 Å². The maximum Gasteiger partial charge on any atom is 0.148 e. The molecule has 2 aromatic rings. The highest BCUT2D eigenvalue weighted by Crippen LogP contribution is 2.26. The van der Waals surface area contributed by atoms with Crippen LogP contribution in [-0.2, 0) is 6.54 Å². The topological polar surface area (TPSA) is 77.8 Å². The standard InChI is InChI=1S/C7H8N4S/c8-2-4-1-5-6(9)3-10-11-7(5)12-4/h1,3H,2,8H2,(H2,9,11). The monoisotopic (exact) mass is 180 g/mol. The van der Waals surface area contributed by atoms with Gasteiger partial charge < -0.3 is 11.5 Å². The third-order valence-corrected chi connectivity index (χ3v) is 2.66. The number of hydrogen-bond acceptors (Lipinski definition) is 5. The number of rotatable bonds is 1. The molecule has 0 saturated carbocycles. The molecule has 0 spiro atoms. The Balaban J connectivity index is 2.74. The van der Waals surface area contributed by atoms with E-state index in [-0.39, 0.29) is 0 Å². The molecule has 0 fully saturated rings. The fourth-order valence-electron chi connectivity index (χ4n) is 1.03. The minimum absolute atomic E-state index is 0.528. The number of nitrogens with zero attached hydrogens (tertiary/aromatic N) is 2. The van der Waals surface area contributed by atoms with Crippen LogP contribution in [0.15, 0.2) is 12.3 Å². The number of nitrogens with two attached hydrogens (primary N) is 2. The number of aromatic nitrogens is 2. The molecule has 0 atom stereocenters. The predicted octanol–water partition coefficient (Wildman–Crippen LogP) is 0.732. The Morgan fingerprint density at radius 1 is 1.50 bits per heavy atom. The van der Waals surface area contributed by atoms with E-state index in [1.54, 1.807) is 6.20 Å². The van der Waals surface area contributed by atoms with Crippen molar-refractivity contribution in [1.29, 1.82) is 0 Å². The van der Waals surface area contributed by atoms with Crippen LogP contribution in [0.4, 0.5) is 5.69 Å². The summed E-state index contributed by atoms with van der Waals surface area (Å²) in [6, 6.07) is 1.96. The summed E-state index contributed by atoms with van der Waals surface area (Å²) in [5.74, 6) is 0. The van der Waals surface area contributed by atoms with Gasteiger partial charge in [-0.1, -0.05) is 0 Å². The summed E-state index contributed by atoms with van der Waals surface area (Å²) < 4.78 is 0. The fourth-order valence-corrected chi connectivity index (χ4v) is 1.91. The van der Waals surface area contributed by atoms with Crippen LogP contribution in [0, 0.1) is 0 Å². The van der Waals surface area contributed by atoms with E-state index >= 15 is 0 Å². The molecule has 4 N–H and O–H groups in total. The highest BCUT2D eigenvalue weighted by Gasteiger charge is 2.04. The molecule has 12 heavy (non-hydrogen) atoms. The molecule has 0 aliphatic carbocycles. The summed E-state index contributed by atoms with van der Waals surface area (Å²) in [4.78, 5) is 1.94. The van der Waals surface area contributed by atoms with Gasteiger partial charge in [0.2, 0.25) is 0 Å². The van der Waals surface area contributed by atoms with Gasteiger partial charge in [-0.05, 0) is 6.07 Å². The number of hydrogen-bond donors (Lipinski definition) is 2. The van der Waals surface area contributed by atoms with Crippen LogP contribution in [0.25, 0.3) is 10.2 Å². The SMILES string of the molecule is NCc1cc2c(N)cnnc2s1. The summed E-state index contributed by atoms with van der Waals surface area (Å²) in [6.07, 6.45) is 1.55. The van der Waals surface area contributed by atoms with Gasteiger partial charge in [0.15, 0.2) is 0 Å². The van der Waals surface area contributed by atoms with Crippen molar-refractivity contribution in [3.8, 4) is 0 Å². The van der Waals surface area contributed by atoms with Gasteiger partial charge in [-0.25, -0.2) is 0 Å². The fraction of sp³-hybridized carbons (Fsp3) is 0.143. The van der Waals surface area contributed by atoms with Crippen LogP contribution in [0.5, 0.6) is 0 Å². The smallest absolute Gasteiger partial charge is 0.148 e. The molecule has 2 rings (SSSR count). The van der Waals surface area contributed by atoms with Gasteiger partial charge in [-0.15, -0.1) is 16.4 Å². The molecule has 4 nitrogen and oxygen atoms in total. The van der Waals surface area contributed by atoms with E-state index in [0.717, 1.165) is 15.1 Å². The van der Waals surface area contributed by atoms with E-state index in [4.69, 9.17) is 11.5 Å². The molecule has 2 aromatic heterocycles.